The number of hydrogen-bond acceptors (Lipinski definition) is 5. The first-order valence-corrected chi connectivity index (χ1v) is 12.1. The van der Waals surface area contributed by atoms with Crippen LogP contribution in [0.15, 0.2) is 99.1 Å². The summed E-state index contributed by atoms with van der Waals surface area (Å²) in [6, 6.07) is 16.6. The quantitative estimate of drug-likeness (QED) is 0.503. The van der Waals surface area contributed by atoms with Gasteiger partial charge in [-0.3, -0.25) is 10.0 Å². The van der Waals surface area contributed by atoms with Crippen LogP contribution in [0.3, 0.4) is 0 Å². The van der Waals surface area contributed by atoms with Crippen molar-refractivity contribution < 1.29 is 9.13 Å². The number of hydrazone groups is 1. The van der Waals surface area contributed by atoms with Crippen LogP contribution >= 0.6 is 0 Å². The molecule has 3 heterocycles. The van der Waals surface area contributed by atoms with Gasteiger partial charge in [-0.15, -0.1) is 0 Å². The third-order valence-electron chi connectivity index (χ3n) is 6.69. The minimum Gasteiger partial charge on any atom is -0.496 e. The first-order chi connectivity index (χ1) is 17.5. The lowest BCUT2D eigenvalue weighted by atomic mass is 9.98. The van der Waals surface area contributed by atoms with Crippen molar-refractivity contribution in [3.05, 3.63) is 111 Å². The summed E-state index contributed by atoms with van der Waals surface area (Å²) >= 11 is 0. The molecule has 0 fully saturated rings. The lowest BCUT2D eigenvalue weighted by Gasteiger charge is -2.22. The molecule has 0 aromatic heterocycles. The van der Waals surface area contributed by atoms with Crippen LogP contribution in [0.5, 0.6) is 0 Å². The number of halogens is 1. The molecule has 5 nitrogen and oxygen atoms in total. The number of hydrogen-bond donors (Lipinski definition) is 0. The molecule has 0 radical (unpaired) electrons. The third-order valence-corrected chi connectivity index (χ3v) is 6.69. The molecule has 0 spiro atoms. The van der Waals surface area contributed by atoms with E-state index in [4.69, 9.17) is 15.0 Å². The number of nitriles is 1. The van der Waals surface area contributed by atoms with E-state index in [9.17, 15) is 4.39 Å². The predicted octanol–water partition coefficient (Wildman–Crippen LogP) is 6.52. The number of rotatable bonds is 4. The summed E-state index contributed by atoms with van der Waals surface area (Å²) in [6.07, 6.45) is 8.12. The van der Waals surface area contributed by atoms with Crippen LogP contribution in [0.25, 0.3) is 5.57 Å². The fraction of sp³-hybridized carbons (Fsp3) is 0.233. The Morgan fingerprint density at radius 2 is 1.78 bits per heavy atom. The average molecular weight is 479 g/mol. The zero-order valence-corrected chi connectivity index (χ0v) is 20.5. The highest BCUT2D eigenvalue weighted by atomic mass is 19.1. The molecular formula is C30H27FN4O. The van der Waals surface area contributed by atoms with Crippen LogP contribution < -0.4 is 0 Å². The maximum absolute atomic E-state index is 14.5. The van der Waals surface area contributed by atoms with Crippen molar-refractivity contribution in [1.82, 2.24) is 5.01 Å². The standard InChI is InChI=1S/C30H27FN4O/c1-20-7-12-29(25-5-3-4-6-28(25)31)34-30-19-35(33-17-27(20)30)18-24-15-26(21(2)13-14-36-24)23-10-8-22(16-32)9-11-23/h3-6,8-11,15,17,19H,7,12-14,18H2,1-2H3. The van der Waals surface area contributed by atoms with E-state index < -0.39 is 0 Å². The van der Waals surface area contributed by atoms with Crippen LogP contribution in [0, 0.1) is 17.1 Å². The van der Waals surface area contributed by atoms with E-state index in [2.05, 4.69) is 31.1 Å². The molecule has 2 aromatic rings. The second-order valence-electron chi connectivity index (χ2n) is 9.18. The van der Waals surface area contributed by atoms with Gasteiger partial charge in [0, 0.05) is 17.6 Å². The number of nitrogens with zero attached hydrogens (tertiary/aromatic N) is 4. The van der Waals surface area contributed by atoms with Crippen molar-refractivity contribution in [3.63, 3.8) is 0 Å². The fourth-order valence-corrected chi connectivity index (χ4v) is 4.58. The minimum absolute atomic E-state index is 0.256. The highest BCUT2D eigenvalue weighted by Gasteiger charge is 2.21. The molecule has 0 bridgehead atoms. The normalized spacial score (nSPS) is 17.8. The number of aliphatic imine (C=N–C) groups is 1. The van der Waals surface area contributed by atoms with Gasteiger partial charge in [-0.2, -0.15) is 10.4 Å². The predicted molar refractivity (Wildman–Crippen MR) is 141 cm³/mol. The molecular weight excluding hydrogens is 451 g/mol. The molecule has 2 aromatic carbocycles. The molecule has 0 unspecified atom stereocenters. The zero-order valence-electron chi connectivity index (χ0n) is 20.5. The monoisotopic (exact) mass is 478 g/mol. The van der Waals surface area contributed by atoms with E-state index >= 15 is 0 Å². The highest BCUT2D eigenvalue weighted by molar-refractivity contribution is 6.03. The molecule has 5 rings (SSSR count). The van der Waals surface area contributed by atoms with Crippen LogP contribution in [0.2, 0.25) is 0 Å². The van der Waals surface area contributed by atoms with E-state index in [0.717, 1.165) is 46.7 Å². The Morgan fingerprint density at radius 1 is 1.00 bits per heavy atom. The van der Waals surface area contributed by atoms with Gasteiger partial charge in [0.15, 0.2) is 0 Å². The molecule has 0 aliphatic carbocycles. The maximum Gasteiger partial charge on any atom is 0.132 e. The Kier molecular flexibility index (Phi) is 6.64. The lowest BCUT2D eigenvalue weighted by molar-refractivity contribution is 0.191. The first-order valence-electron chi connectivity index (χ1n) is 12.1. The van der Waals surface area contributed by atoms with E-state index in [1.165, 1.54) is 17.2 Å². The summed E-state index contributed by atoms with van der Waals surface area (Å²) in [5.74, 6) is 0.546. The zero-order chi connectivity index (χ0) is 25.1. The Bertz CT molecular complexity index is 1420. The molecule has 180 valence electrons. The number of benzene rings is 2. The fourth-order valence-electron chi connectivity index (χ4n) is 4.58. The average Bonchev–Trinajstić information content (AvgIpc) is 3.17. The SMILES string of the molecule is CC1=C2C=NN(CC3=CC(c4ccc(C#N)cc4)=C(C)CCO3)C=C2N=C(c2ccccc2F)CC1. The smallest absolute Gasteiger partial charge is 0.132 e. The number of fused-ring (bicyclic) bond motifs is 1. The molecule has 6 heteroatoms. The van der Waals surface area contributed by atoms with Crippen molar-refractivity contribution in [3.8, 4) is 6.07 Å². The Morgan fingerprint density at radius 3 is 2.56 bits per heavy atom. The Hall–Kier alpha value is -4.24. The molecule has 0 N–H and O–H groups in total. The van der Waals surface area contributed by atoms with E-state index in [-0.39, 0.29) is 5.82 Å². The highest BCUT2D eigenvalue weighted by Crippen LogP contribution is 2.30. The van der Waals surface area contributed by atoms with Gasteiger partial charge in [0.25, 0.3) is 0 Å². The number of allylic oxidation sites excluding steroid dienone is 4. The van der Waals surface area contributed by atoms with Crippen molar-refractivity contribution in [1.29, 1.82) is 5.26 Å². The second-order valence-corrected chi connectivity index (χ2v) is 9.18. The molecule has 0 atom stereocenters. The Labute approximate surface area is 210 Å². The van der Waals surface area contributed by atoms with E-state index in [0.29, 0.717) is 30.7 Å². The lowest BCUT2D eigenvalue weighted by Crippen LogP contribution is -2.20. The van der Waals surface area contributed by atoms with Crippen molar-refractivity contribution in [2.45, 2.75) is 33.1 Å². The molecule has 3 aliphatic rings. The topological polar surface area (TPSA) is 61.0 Å². The summed E-state index contributed by atoms with van der Waals surface area (Å²) in [6.45, 7) is 5.23. The van der Waals surface area contributed by atoms with Gasteiger partial charge in [-0.1, -0.05) is 41.5 Å². The Balaban J connectivity index is 1.44. The summed E-state index contributed by atoms with van der Waals surface area (Å²) < 4.78 is 20.6. The van der Waals surface area contributed by atoms with Gasteiger partial charge >= 0.3 is 0 Å². The summed E-state index contributed by atoms with van der Waals surface area (Å²) in [5, 5.41) is 15.6. The van der Waals surface area contributed by atoms with Gasteiger partial charge in [-0.05, 0) is 62.1 Å². The first kappa shape index (κ1) is 23.5. The van der Waals surface area contributed by atoms with Gasteiger partial charge < -0.3 is 4.74 Å². The van der Waals surface area contributed by atoms with Gasteiger partial charge in [-0.25, -0.2) is 4.39 Å². The summed E-state index contributed by atoms with van der Waals surface area (Å²) in [5.41, 5.74) is 8.28. The van der Waals surface area contributed by atoms with Crippen molar-refractivity contribution in [2.24, 2.45) is 10.1 Å². The van der Waals surface area contributed by atoms with Crippen LogP contribution in [0.4, 0.5) is 4.39 Å². The van der Waals surface area contributed by atoms with Crippen LogP contribution in [0.1, 0.15) is 49.8 Å². The van der Waals surface area contributed by atoms with Gasteiger partial charge in [0.2, 0.25) is 0 Å². The molecule has 36 heavy (non-hydrogen) atoms. The minimum atomic E-state index is -0.256. The van der Waals surface area contributed by atoms with Gasteiger partial charge in [0.05, 0.1) is 48.6 Å². The third kappa shape index (κ3) is 4.92. The van der Waals surface area contributed by atoms with Crippen LogP contribution in [-0.2, 0) is 4.74 Å². The summed E-state index contributed by atoms with van der Waals surface area (Å²) in [7, 11) is 0. The van der Waals surface area contributed by atoms with Crippen LogP contribution in [-0.4, -0.2) is 30.1 Å². The molecule has 0 amide bonds. The largest absolute Gasteiger partial charge is 0.496 e. The summed E-state index contributed by atoms with van der Waals surface area (Å²) in [4.78, 5) is 4.88. The number of ether oxygens (including phenoxy) is 1. The van der Waals surface area contributed by atoms with Gasteiger partial charge in [0.1, 0.15) is 11.6 Å². The maximum atomic E-state index is 14.5. The van der Waals surface area contributed by atoms with Crippen molar-refractivity contribution >= 4 is 17.5 Å². The second kappa shape index (κ2) is 10.2. The molecule has 0 saturated heterocycles. The molecule has 0 saturated carbocycles. The molecule has 3 aliphatic heterocycles. The van der Waals surface area contributed by atoms with E-state index in [1.54, 1.807) is 12.1 Å². The van der Waals surface area contributed by atoms with Crippen molar-refractivity contribution in [2.75, 3.05) is 13.2 Å². The van der Waals surface area contributed by atoms with E-state index in [1.807, 2.05) is 47.8 Å².